The van der Waals surface area contributed by atoms with Gasteiger partial charge in [-0.05, 0) is 18.1 Å². The molecule has 3 heterocycles. The van der Waals surface area contributed by atoms with Crippen LogP contribution in [0.4, 0.5) is 5.95 Å². The first-order valence-corrected chi connectivity index (χ1v) is 8.45. The van der Waals surface area contributed by atoms with Crippen LogP contribution in [-0.2, 0) is 11.8 Å². The predicted molar refractivity (Wildman–Crippen MR) is 96.3 cm³/mol. The summed E-state index contributed by atoms with van der Waals surface area (Å²) in [6.07, 6.45) is 5.75. The number of aryl methyl sites for hydroxylation is 2. The van der Waals surface area contributed by atoms with Gasteiger partial charge < -0.3 is 9.64 Å². The van der Waals surface area contributed by atoms with E-state index in [2.05, 4.69) is 27.1 Å². The van der Waals surface area contributed by atoms with Gasteiger partial charge in [0.05, 0.1) is 25.0 Å². The minimum Gasteiger partial charge on any atom is -0.370 e. The molecule has 1 aliphatic heterocycles. The lowest BCUT2D eigenvalue weighted by molar-refractivity contribution is 0.0392. The van der Waals surface area contributed by atoms with Gasteiger partial charge in [0.2, 0.25) is 5.95 Å². The predicted octanol–water partition coefficient (Wildman–Crippen LogP) is 2.76. The summed E-state index contributed by atoms with van der Waals surface area (Å²) in [6.45, 7) is 4.23. The molecule has 1 fully saturated rings. The van der Waals surface area contributed by atoms with Crippen molar-refractivity contribution in [2.24, 2.45) is 7.05 Å². The topological polar surface area (TPSA) is 56.1 Å². The molecule has 1 atom stereocenters. The fourth-order valence-electron chi connectivity index (χ4n) is 3.12. The summed E-state index contributed by atoms with van der Waals surface area (Å²) in [7, 11) is 1.91. The molecule has 0 amide bonds. The number of rotatable bonds is 3. The van der Waals surface area contributed by atoms with E-state index in [0.29, 0.717) is 6.61 Å². The Balaban J connectivity index is 1.61. The third-order valence-corrected chi connectivity index (χ3v) is 4.46. The summed E-state index contributed by atoms with van der Waals surface area (Å²) in [6, 6.07) is 10.3. The maximum Gasteiger partial charge on any atom is 0.226 e. The average molecular weight is 335 g/mol. The van der Waals surface area contributed by atoms with Crippen LogP contribution in [0.5, 0.6) is 0 Å². The second kappa shape index (κ2) is 6.64. The van der Waals surface area contributed by atoms with Gasteiger partial charge in [0.25, 0.3) is 0 Å². The number of anilines is 1. The lowest BCUT2D eigenvalue weighted by Crippen LogP contribution is -2.39. The van der Waals surface area contributed by atoms with Crippen LogP contribution in [0.15, 0.2) is 48.9 Å². The van der Waals surface area contributed by atoms with E-state index in [1.54, 1.807) is 4.68 Å². The zero-order valence-corrected chi connectivity index (χ0v) is 14.5. The third kappa shape index (κ3) is 3.25. The van der Waals surface area contributed by atoms with Crippen molar-refractivity contribution in [1.29, 1.82) is 0 Å². The highest BCUT2D eigenvalue weighted by atomic mass is 16.5. The van der Waals surface area contributed by atoms with Gasteiger partial charge in [-0.3, -0.25) is 4.68 Å². The van der Waals surface area contributed by atoms with E-state index >= 15 is 0 Å². The maximum atomic E-state index is 5.95. The van der Waals surface area contributed by atoms with Crippen molar-refractivity contribution in [1.82, 2.24) is 19.7 Å². The number of nitrogens with zero attached hydrogens (tertiary/aromatic N) is 5. The van der Waals surface area contributed by atoms with E-state index in [0.717, 1.165) is 35.9 Å². The summed E-state index contributed by atoms with van der Waals surface area (Å²) in [5, 5.41) is 4.25. The molecule has 2 aromatic heterocycles. The first-order chi connectivity index (χ1) is 12.2. The number of aromatic nitrogens is 4. The Morgan fingerprint density at radius 1 is 1.16 bits per heavy atom. The first-order valence-electron chi connectivity index (χ1n) is 8.45. The van der Waals surface area contributed by atoms with Gasteiger partial charge in [0.1, 0.15) is 6.10 Å². The van der Waals surface area contributed by atoms with E-state index in [1.165, 1.54) is 5.56 Å². The molecule has 4 rings (SSSR count). The minimum atomic E-state index is 0.0432. The molecule has 6 heteroatoms. The molecule has 0 aliphatic carbocycles. The largest absolute Gasteiger partial charge is 0.370 e. The summed E-state index contributed by atoms with van der Waals surface area (Å²) in [5.41, 5.74) is 4.17. The molecule has 3 aromatic rings. The standard InChI is InChI=1S/C19H21N5O/c1-14-10-20-19(22-18(14)16-11-21-23(2)12-16)24-8-9-25-17(13-24)15-6-4-3-5-7-15/h3-7,10-12,17H,8-9,13H2,1-2H3. The Kier molecular flexibility index (Phi) is 4.19. The summed E-state index contributed by atoms with van der Waals surface area (Å²) < 4.78 is 7.74. The Labute approximate surface area is 147 Å². The van der Waals surface area contributed by atoms with Gasteiger partial charge in [-0.1, -0.05) is 30.3 Å². The number of hydrogen-bond acceptors (Lipinski definition) is 5. The first kappa shape index (κ1) is 15.8. The minimum absolute atomic E-state index is 0.0432. The van der Waals surface area contributed by atoms with Crippen molar-refractivity contribution >= 4 is 5.95 Å². The second-order valence-electron chi connectivity index (χ2n) is 6.32. The summed E-state index contributed by atoms with van der Waals surface area (Å²) >= 11 is 0. The van der Waals surface area contributed by atoms with E-state index < -0.39 is 0 Å². The molecule has 128 valence electrons. The van der Waals surface area contributed by atoms with Crippen molar-refractivity contribution in [3.63, 3.8) is 0 Å². The van der Waals surface area contributed by atoms with Crippen LogP contribution in [0.1, 0.15) is 17.2 Å². The fourth-order valence-corrected chi connectivity index (χ4v) is 3.12. The molecular formula is C19H21N5O. The van der Waals surface area contributed by atoms with E-state index in [4.69, 9.17) is 9.72 Å². The highest BCUT2D eigenvalue weighted by molar-refractivity contribution is 5.62. The van der Waals surface area contributed by atoms with Crippen molar-refractivity contribution < 1.29 is 4.74 Å². The van der Waals surface area contributed by atoms with Gasteiger partial charge in [-0.15, -0.1) is 0 Å². The van der Waals surface area contributed by atoms with E-state index in [9.17, 15) is 0 Å². The quantitative estimate of drug-likeness (QED) is 0.737. The molecule has 0 radical (unpaired) electrons. The Bertz CT molecular complexity index is 861. The number of morpholine rings is 1. The molecule has 1 aromatic carbocycles. The Hall–Kier alpha value is -2.73. The van der Waals surface area contributed by atoms with Gasteiger partial charge in [-0.25, -0.2) is 9.97 Å². The summed E-state index contributed by atoms with van der Waals surface area (Å²) in [4.78, 5) is 11.6. The SMILES string of the molecule is Cc1cnc(N2CCOC(c3ccccc3)C2)nc1-c1cnn(C)c1. The van der Waals surface area contributed by atoms with Crippen LogP contribution >= 0.6 is 0 Å². The van der Waals surface area contributed by atoms with Crippen molar-refractivity contribution in [3.8, 4) is 11.3 Å². The van der Waals surface area contributed by atoms with Crippen LogP contribution in [-0.4, -0.2) is 39.4 Å². The van der Waals surface area contributed by atoms with E-state index in [-0.39, 0.29) is 6.10 Å². The number of benzene rings is 1. The Morgan fingerprint density at radius 3 is 2.76 bits per heavy atom. The molecule has 6 nitrogen and oxygen atoms in total. The van der Waals surface area contributed by atoms with Gasteiger partial charge >= 0.3 is 0 Å². The van der Waals surface area contributed by atoms with Crippen molar-refractivity contribution in [3.05, 3.63) is 60.0 Å². The smallest absolute Gasteiger partial charge is 0.226 e. The van der Waals surface area contributed by atoms with Crippen molar-refractivity contribution in [2.75, 3.05) is 24.6 Å². The van der Waals surface area contributed by atoms with Gasteiger partial charge in [0.15, 0.2) is 0 Å². The third-order valence-electron chi connectivity index (χ3n) is 4.46. The normalized spacial score (nSPS) is 17.7. The number of ether oxygens (including phenoxy) is 1. The molecular weight excluding hydrogens is 314 g/mol. The van der Waals surface area contributed by atoms with Crippen LogP contribution in [0.3, 0.4) is 0 Å². The Morgan fingerprint density at radius 2 is 2.00 bits per heavy atom. The zero-order chi connectivity index (χ0) is 17.2. The second-order valence-corrected chi connectivity index (χ2v) is 6.32. The monoisotopic (exact) mass is 335 g/mol. The lowest BCUT2D eigenvalue weighted by Gasteiger charge is -2.33. The van der Waals surface area contributed by atoms with Crippen molar-refractivity contribution in [2.45, 2.75) is 13.0 Å². The van der Waals surface area contributed by atoms with Crippen LogP contribution in [0, 0.1) is 6.92 Å². The van der Waals surface area contributed by atoms with Crippen LogP contribution in [0.25, 0.3) is 11.3 Å². The highest BCUT2D eigenvalue weighted by Gasteiger charge is 2.24. The average Bonchev–Trinajstić information content (AvgIpc) is 3.09. The fraction of sp³-hybridized carbons (Fsp3) is 0.316. The molecule has 1 saturated heterocycles. The molecule has 0 N–H and O–H groups in total. The summed E-state index contributed by atoms with van der Waals surface area (Å²) in [5.74, 6) is 0.744. The van der Waals surface area contributed by atoms with Crippen LogP contribution in [0.2, 0.25) is 0 Å². The maximum absolute atomic E-state index is 5.95. The molecule has 0 bridgehead atoms. The highest BCUT2D eigenvalue weighted by Crippen LogP contribution is 2.26. The molecule has 0 spiro atoms. The zero-order valence-electron chi connectivity index (χ0n) is 14.5. The van der Waals surface area contributed by atoms with E-state index in [1.807, 2.05) is 50.8 Å². The lowest BCUT2D eigenvalue weighted by atomic mass is 10.1. The van der Waals surface area contributed by atoms with Crippen LogP contribution < -0.4 is 4.90 Å². The van der Waals surface area contributed by atoms with Gasteiger partial charge in [0, 0.05) is 31.5 Å². The molecule has 25 heavy (non-hydrogen) atoms. The molecule has 0 saturated carbocycles. The molecule has 1 unspecified atom stereocenters. The molecule has 1 aliphatic rings. The number of hydrogen-bond donors (Lipinski definition) is 0. The van der Waals surface area contributed by atoms with Gasteiger partial charge in [-0.2, -0.15) is 5.10 Å².